The van der Waals surface area contributed by atoms with Crippen molar-refractivity contribution < 1.29 is 22.7 Å². The van der Waals surface area contributed by atoms with E-state index in [0.717, 1.165) is 49.0 Å². The Morgan fingerprint density at radius 1 is 0.914 bits per heavy atom. The van der Waals surface area contributed by atoms with Gasteiger partial charge in [-0.25, -0.2) is 13.2 Å². The van der Waals surface area contributed by atoms with E-state index in [1.807, 2.05) is 62.4 Å². The Kier molecular flexibility index (Phi) is 11.8. The first-order valence-corrected chi connectivity index (χ1v) is 13.9. The van der Waals surface area contributed by atoms with Crippen LogP contribution in [0, 0.1) is 5.92 Å². The molecule has 0 aromatic heterocycles. The largest absolute Gasteiger partial charge is 0.494 e. The average molecular weight is 499 g/mol. The third-order valence-electron chi connectivity index (χ3n) is 5.68. The van der Waals surface area contributed by atoms with Gasteiger partial charge in [-0.1, -0.05) is 63.3 Å². The Morgan fingerprint density at radius 2 is 1.46 bits per heavy atom. The van der Waals surface area contributed by atoms with E-state index in [1.54, 1.807) is 19.1 Å². The zero-order valence-electron chi connectivity index (χ0n) is 21.2. The molecule has 0 saturated heterocycles. The predicted molar refractivity (Wildman–Crippen MR) is 143 cm³/mol. The van der Waals surface area contributed by atoms with Crippen LogP contribution in [0.5, 0.6) is 5.75 Å². The Morgan fingerprint density at radius 3 is 2.00 bits per heavy atom. The number of sulfone groups is 1. The molecule has 0 heterocycles. The molecule has 0 bridgehead atoms. The molecule has 0 aliphatic heterocycles. The van der Waals surface area contributed by atoms with Crippen molar-refractivity contribution in [1.82, 2.24) is 0 Å². The Balaban J connectivity index is 1.72. The highest BCUT2D eigenvalue weighted by Gasteiger charge is 2.17. The van der Waals surface area contributed by atoms with Gasteiger partial charge < -0.3 is 9.47 Å². The molecule has 0 amide bonds. The fourth-order valence-electron chi connectivity index (χ4n) is 3.28. The van der Waals surface area contributed by atoms with Crippen LogP contribution >= 0.6 is 0 Å². The maximum atomic E-state index is 12.5. The smallest absolute Gasteiger partial charge is 0.333 e. The monoisotopic (exact) mass is 498 g/mol. The summed E-state index contributed by atoms with van der Waals surface area (Å²) in [6.45, 7) is 10.2. The van der Waals surface area contributed by atoms with Gasteiger partial charge in [0.15, 0.2) is 9.84 Å². The normalized spacial score (nSPS) is 12.4. The van der Waals surface area contributed by atoms with Crippen molar-refractivity contribution >= 4 is 28.0 Å². The number of esters is 1. The van der Waals surface area contributed by atoms with Gasteiger partial charge in [-0.15, -0.1) is 0 Å². The number of rotatable bonds is 15. The van der Waals surface area contributed by atoms with E-state index in [0.29, 0.717) is 23.7 Å². The van der Waals surface area contributed by atoms with Crippen LogP contribution in [-0.4, -0.2) is 33.4 Å². The second kappa shape index (κ2) is 14.5. The lowest BCUT2D eigenvalue weighted by atomic mass is 10.1. The lowest BCUT2D eigenvalue weighted by Gasteiger charge is -2.09. The molecule has 0 spiro atoms. The molecule has 0 N–H and O–H groups in total. The number of carbonyl (C=O) groups is 1. The Hall–Kier alpha value is -2.86. The van der Waals surface area contributed by atoms with Crippen molar-refractivity contribution in [3.8, 4) is 5.75 Å². The summed E-state index contributed by atoms with van der Waals surface area (Å²) in [4.78, 5) is 11.7. The number of ether oxygens (including phenoxy) is 2. The second-order valence-electron chi connectivity index (χ2n) is 8.95. The van der Waals surface area contributed by atoms with Gasteiger partial charge in [0.05, 0.1) is 23.9 Å². The summed E-state index contributed by atoms with van der Waals surface area (Å²) >= 11 is 0. The number of benzene rings is 2. The van der Waals surface area contributed by atoms with E-state index in [1.165, 1.54) is 0 Å². The Bertz CT molecular complexity index is 1070. The molecule has 0 saturated carbocycles. The van der Waals surface area contributed by atoms with Crippen LogP contribution in [0.15, 0.2) is 65.6 Å². The van der Waals surface area contributed by atoms with Crippen LogP contribution in [0.3, 0.4) is 0 Å². The van der Waals surface area contributed by atoms with Gasteiger partial charge in [0, 0.05) is 5.57 Å². The third-order valence-corrected chi connectivity index (χ3v) is 7.68. The molecule has 0 radical (unpaired) electrons. The molecular weight excluding hydrogens is 460 g/mol. The predicted octanol–water partition coefficient (Wildman–Crippen LogP) is 6.74. The van der Waals surface area contributed by atoms with Gasteiger partial charge in [-0.05, 0) is 73.9 Å². The molecule has 2 aromatic carbocycles. The van der Waals surface area contributed by atoms with Crippen molar-refractivity contribution in [3.05, 3.63) is 71.8 Å². The second-order valence-corrected chi connectivity index (χ2v) is 11.0. The fourth-order valence-corrected chi connectivity index (χ4v) is 5.01. The minimum Gasteiger partial charge on any atom is -0.494 e. The van der Waals surface area contributed by atoms with Gasteiger partial charge in [0.2, 0.25) is 0 Å². The first-order valence-electron chi connectivity index (χ1n) is 12.3. The molecule has 0 aliphatic carbocycles. The molecule has 190 valence electrons. The minimum absolute atomic E-state index is 0.150. The third kappa shape index (κ3) is 10.5. The molecule has 0 fully saturated rings. The van der Waals surface area contributed by atoms with Crippen LogP contribution in [0.2, 0.25) is 0 Å². The topological polar surface area (TPSA) is 69.7 Å². The van der Waals surface area contributed by atoms with Crippen molar-refractivity contribution in [3.63, 3.8) is 0 Å². The summed E-state index contributed by atoms with van der Waals surface area (Å²) in [6.07, 6.45) is 8.60. The van der Waals surface area contributed by atoms with E-state index in [2.05, 4.69) is 6.58 Å². The highest BCUT2D eigenvalue weighted by molar-refractivity contribution is 7.91. The van der Waals surface area contributed by atoms with Crippen LogP contribution in [0.25, 0.3) is 12.2 Å². The maximum Gasteiger partial charge on any atom is 0.333 e. The first kappa shape index (κ1) is 28.4. The van der Waals surface area contributed by atoms with Crippen molar-refractivity contribution in [2.24, 2.45) is 5.92 Å². The molecule has 0 unspecified atom stereocenters. The molecule has 2 rings (SSSR count). The lowest BCUT2D eigenvalue weighted by Crippen LogP contribution is -2.13. The summed E-state index contributed by atoms with van der Waals surface area (Å²) in [6, 6.07) is 14.9. The summed E-state index contributed by atoms with van der Waals surface area (Å²) in [5.41, 5.74) is 2.41. The van der Waals surface area contributed by atoms with Crippen molar-refractivity contribution in [1.29, 1.82) is 0 Å². The highest BCUT2D eigenvalue weighted by atomic mass is 32.2. The number of unbranched alkanes of at least 4 members (excludes halogenated alkanes) is 3. The molecule has 1 atom stereocenters. The van der Waals surface area contributed by atoms with Gasteiger partial charge in [-0.2, -0.15) is 0 Å². The fraction of sp³-hybridized carbons (Fsp3) is 0.414. The SMILES string of the molecule is C=C(C)C(=O)OCCCCCCOc1ccc(C=Cc2ccc(S(=O)(=O)C[C@H](C)CC)cc2)cc1. The summed E-state index contributed by atoms with van der Waals surface area (Å²) in [5, 5.41) is 0. The van der Waals surface area contributed by atoms with Crippen LogP contribution in [0.4, 0.5) is 0 Å². The van der Waals surface area contributed by atoms with E-state index in [9.17, 15) is 13.2 Å². The number of hydrogen-bond acceptors (Lipinski definition) is 5. The molecule has 6 heteroatoms. The van der Waals surface area contributed by atoms with E-state index >= 15 is 0 Å². The average Bonchev–Trinajstić information content (AvgIpc) is 2.84. The highest BCUT2D eigenvalue weighted by Crippen LogP contribution is 2.19. The summed E-state index contributed by atoms with van der Waals surface area (Å²) in [5.74, 6) is 0.831. The molecule has 35 heavy (non-hydrogen) atoms. The van der Waals surface area contributed by atoms with E-state index in [4.69, 9.17) is 9.47 Å². The number of carbonyl (C=O) groups excluding carboxylic acids is 1. The van der Waals surface area contributed by atoms with E-state index < -0.39 is 9.84 Å². The molecule has 5 nitrogen and oxygen atoms in total. The van der Waals surface area contributed by atoms with Gasteiger partial charge in [0.25, 0.3) is 0 Å². The van der Waals surface area contributed by atoms with Crippen LogP contribution in [-0.2, 0) is 19.4 Å². The lowest BCUT2D eigenvalue weighted by molar-refractivity contribution is -0.139. The zero-order chi connectivity index (χ0) is 25.7. The molecule has 0 aliphatic rings. The van der Waals surface area contributed by atoms with E-state index in [-0.39, 0.29) is 17.6 Å². The first-order chi connectivity index (χ1) is 16.7. The summed E-state index contributed by atoms with van der Waals surface area (Å²) in [7, 11) is -3.24. The quantitative estimate of drug-likeness (QED) is 0.118. The standard InChI is InChI=1S/C29H38O5S/c1-5-24(4)22-35(31,32)28-18-14-26(15-19-28)11-10-25-12-16-27(17-13-25)33-20-8-6-7-9-21-34-29(30)23(2)3/h10-19,24H,2,5-9,20-22H2,1,3-4H3/t24-/m1/s1. The minimum atomic E-state index is -3.24. The van der Waals surface area contributed by atoms with Gasteiger partial charge in [0.1, 0.15) is 5.75 Å². The van der Waals surface area contributed by atoms with Crippen LogP contribution in [0.1, 0.15) is 64.0 Å². The van der Waals surface area contributed by atoms with Crippen LogP contribution < -0.4 is 4.74 Å². The van der Waals surface area contributed by atoms with Gasteiger partial charge >= 0.3 is 5.97 Å². The van der Waals surface area contributed by atoms with Crippen molar-refractivity contribution in [2.45, 2.75) is 57.8 Å². The summed E-state index contributed by atoms with van der Waals surface area (Å²) < 4.78 is 35.8. The van der Waals surface area contributed by atoms with Gasteiger partial charge in [-0.3, -0.25) is 0 Å². The maximum absolute atomic E-state index is 12.5. The molecule has 2 aromatic rings. The van der Waals surface area contributed by atoms with Crippen molar-refractivity contribution in [2.75, 3.05) is 19.0 Å². The molecular formula is C29H38O5S. The zero-order valence-corrected chi connectivity index (χ0v) is 22.0. The Labute approximate surface area is 210 Å². The number of hydrogen-bond donors (Lipinski definition) is 0.